The Morgan fingerprint density at radius 2 is 1.87 bits per heavy atom. The number of imidazole rings is 1. The monoisotopic (exact) mass is 544 g/mol. The number of benzene rings is 2. The molecule has 1 saturated heterocycles. The minimum absolute atomic E-state index is 0.147. The number of carbonyl (C=O) groups excluding carboxylic acids is 1. The molecule has 0 saturated carbocycles. The van der Waals surface area contributed by atoms with Crippen LogP contribution in [0.1, 0.15) is 5.56 Å². The second-order valence-corrected chi connectivity index (χ2v) is 9.04. The maximum atomic E-state index is 14.2. The van der Waals surface area contributed by atoms with Gasteiger partial charge in [-0.1, -0.05) is 0 Å². The number of aryl methyl sites for hydroxylation is 1. The van der Waals surface area contributed by atoms with E-state index >= 15 is 0 Å². The molecule has 5 rings (SSSR count). The lowest BCUT2D eigenvalue weighted by Gasteiger charge is -2.37. The van der Waals surface area contributed by atoms with Gasteiger partial charge in [0.05, 0.1) is 34.9 Å². The lowest BCUT2D eigenvalue weighted by Crippen LogP contribution is -2.54. The summed E-state index contributed by atoms with van der Waals surface area (Å²) in [5.41, 5.74) is -0.217. The van der Waals surface area contributed by atoms with E-state index in [1.165, 1.54) is 6.20 Å². The average molecular weight is 545 g/mol. The smallest absolute Gasteiger partial charge is 0.416 e. The third-order valence-corrected chi connectivity index (χ3v) is 6.25. The summed E-state index contributed by atoms with van der Waals surface area (Å²) in [5, 5.41) is 5.39. The van der Waals surface area contributed by atoms with E-state index in [0.717, 1.165) is 6.07 Å². The highest BCUT2D eigenvalue weighted by molar-refractivity contribution is 5.91. The molecule has 2 aromatic heterocycles. The number of ether oxygens (including phenoxy) is 2. The molecule has 0 aliphatic carbocycles. The maximum absolute atomic E-state index is 14.2. The Morgan fingerprint density at radius 3 is 2.62 bits per heavy atom. The van der Waals surface area contributed by atoms with Crippen molar-refractivity contribution in [2.24, 2.45) is 7.05 Å². The standard InChI is InChI=1S/C26H24F4N6O3/c1-35-22-6-4-16(10-21(22)33-25(35)32-20-9-15(26(28,29)30)3-5-19(20)27)39-17-7-8-31-23(11-17)34-24(37)14-36-12-18(13-36)38-2/h3-11,18H,12-14H2,1-2H3,(H,32,33)(H,31,34,37). The molecule has 9 nitrogen and oxygen atoms in total. The third kappa shape index (κ3) is 5.94. The van der Waals surface area contributed by atoms with Gasteiger partial charge in [0.1, 0.15) is 23.1 Å². The Bertz CT molecular complexity index is 1520. The van der Waals surface area contributed by atoms with Crippen LogP contribution in [0.2, 0.25) is 0 Å². The van der Waals surface area contributed by atoms with Crippen LogP contribution < -0.4 is 15.4 Å². The molecule has 4 aromatic rings. The molecular weight excluding hydrogens is 520 g/mol. The van der Waals surface area contributed by atoms with E-state index in [-0.39, 0.29) is 30.2 Å². The van der Waals surface area contributed by atoms with Crippen LogP contribution in [0.25, 0.3) is 11.0 Å². The summed E-state index contributed by atoms with van der Waals surface area (Å²) in [6, 6.07) is 10.4. The predicted octanol–water partition coefficient (Wildman–Crippen LogP) is 4.93. The SMILES string of the molecule is COC1CN(CC(=O)Nc2cc(Oc3ccc4c(c3)nc(Nc3cc(C(F)(F)F)ccc3F)n4C)ccn2)C1. The number of nitrogens with one attached hydrogen (secondary N) is 2. The zero-order valence-electron chi connectivity index (χ0n) is 20.9. The van der Waals surface area contributed by atoms with Crippen LogP contribution in [0.5, 0.6) is 11.5 Å². The highest BCUT2D eigenvalue weighted by atomic mass is 19.4. The Hall–Kier alpha value is -4.23. The van der Waals surface area contributed by atoms with E-state index in [0.29, 0.717) is 53.6 Å². The molecule has 204 valence electrons. The van der Waals surface area contributed by atoms with Crippen molar-refractivity contribution in [2.75, 3.05) is 37.4 Å². The van der Waals surface area contributed by atoms with E-state index in [4.69, 9.17) is 9.47 Å². The number of alkyl halides is 3. The lowest BCUT2D eigenvalue weighted by atomic mass is 10.2. The minimum Gasteiger partial charge on any atom is -0.457 e. The number of carbonyl (C=O) groups is 1. The number of aromatic nitrogens is 3. The van der Waals surface area contributed by atoms with Crippen LogP contribution in [0.3, 0.4) is 0 Å². The molecule has 0 atom stereocenters. The first-order chi connectivity index (χ1) is 18.6. The molecule has 2 aromatic carbocycles. The van der Waals surface area contributed by atoms with Crippen molar-refractivity contribution in [1.82, 2.24) is 19.4 Å². The van der Waals surface area contributed by atoms with Gasteiger partial charge >= 0.3 is 6.18 Å². The van der Waals surface area contributed by atoms with E-state index in [9.17, 15) is 22.4 Å². The van der Waals surface area contributed by atoms with Crippen molar-refractivity contribution >= 4 is 34.4 Å². The fourth-order valence-corrected chi connectivity index (χ4v) is 4.14. The predicted molar refractivity (Wildman–Crippen MR) is 136 cm³/mol. The Morgan fingerprint density at radius 1 is 1.10 bits per heavy atom. The molecule has 39 heavy (non-hydrogen) atoms. The molecule has 1 aliphatic rings. The largest absolute Gasteiger partial charge is 0.457 e. The van der Waals surface area contributed by atoms with E-state index < -0.39 is 17.6 Å². The van der Waals surface area contributed by atoms with Crippen LogP contribution in [0.4, 0.5) is 35.0 Å². The van der Waals surface area contributed by atoms with Gasteiger partial charge in [-0.05, 0) is 36.4 Å². The van der Waals surface area contributed by atoms with Gasteiger partial charge in [0.2, 0.25) is 11.9 Å². The summed E-state index contributed by atoms with van der Waals surface area (Å²) >= 11 is 0. The van der Waals surface area contributed by atoms with E-state index in [2.05, 4.69) is 20.6 Å². The molecule has 3 heterocycles. The normalized spacial score (nSPS) is 14.3. The van der Waals surface area contributed by atoms with Crippen LogP contribution in [0, 0.1) is 5.82 Å². The molecule has 0 unspecified atom stereocenters. The first-order valence-electron chi connectivity index (χ1n) is 11.9. The highest BCUT2D eigenvalue weighted by Crippen LogP contribution is 2.33. The summed E-state index contributed by atoms with van der Waals surface area (Å²) < 4.78 is 66.2. The number of halogens is 4. The Kier molecular flexibility index (Phi) is 7.10. The van der Waals surface area contributed by atoms with Crippen molar-refractivity contribution in [1.29, 1.82) is 0 Å². The van der Waals surface area contributed by atoms with Crippen molar-refractivity contribution in [2.45, 2.75) is 12.3 Å². The molecule has 1 amide bonds. The highest BCUT2D eigenvalue weighted by Gasteiger charge is 2.31. The summed E-state index contributed by atoms with van der Waals surface area (Å²) in [6.45, 7) is 1.62. The van der Waals surface area contributed by atoms with Crippen molar-refractivity contribution in [3.05, 3.63) is 66.1 Å². The maximum Gasteiger partial charge on any atom is 0.416 e. The number of pyridine rings is 1. The Balaban J connectivity index is 1.28. The molecule has 0 radical (unpaired) electrons. The van der Waals surface area contributed by atoms with Crippen LogP contribution in [-0.4, -0.2) is 58.2 Å². The number of amides is 1. The van der Waals surface area contributed by atoms with Gasteiger partial charge in [-0.25, -0.2) is 14.4 Å². The molecular formula is C26H24F4N6O3. The number of anilines is 3. The van der Waals surface area contributed by atoms with Gasteiger partial charge < -0.3 is 24.7 Å². The number of hydrogen-bond acceptors (Lipinski definition) is 7. The Labute approximate surface area is 220 Å². The van der Waals surface area contributed by atoms with Crippen molar-refractivity contribution in [3.63, 3.8) is 0 Å². The number of fused-ring (bicyclic) bond motifs is 1. The molecule has 1 fully saturated rings. The summed E-state index contributed by atoms with van der Waals surface area (Å²) in [4.78, 5) is 22.8. The van der Waals surface area contributed by atoms with Crippen LogP contribution >= 0.6 is 0 Å². The van der Waals surface area contributed by atoms with Crippen LogP contribution in [-0.2, 0) is 22.8 Å². The topological polar surface area (TPSA) is 93.5 Å². The van der Waals surface area contributed by atoms with Gasteiger partial charge in [-0.15, -0.1) is 0 Å². The van der Waals surface area contributed by atoms with Gasteiger partial charge in [0, 0.05) is 45.6 Å². The van der Waals surface area contributed by atoms with Gasteiger partial charge in [-0.2, -0.15) is 13.2 Å². The van der Waals surface area contributed by atoms with Gasteiger partial charge in [0.25, 0.3) is 0 Å². The summed E-state index contributed by atoms with van der Waals surface area (Å²) in [6.07, 6.45) is -2.96. The fraction of sp³-hybridized carbons (Fsp3) is 0.269. The minimum atomic E-state index is -4.61. The zero-order chi connectivity index (χ0) is 27.7. The number of nitrogens with zero attached hydrogens (tertiary/aromatic N) is 4. The second-order valence-electron chi connectivity index (χ2n) is 9.04. The first kappa shape index (κ1) is 26.4. The fourth-order valence-electron chi connectivity index (χ4n) is 4.14. The molecule has 13 heteroatoms. The first-order valence-corrected chi connectivity index (χ1v) is 11.9. The molecule has 1 aliphatic heterocycles. The quantitative estimate of drug-likeness (QED) is 0.304. The zero-order valence-corrected chi connectivity index (χ0v) is 20.9. The summed E-state index contributed by atoms with van der Waals surface area (Å²) in [7, 11) is 3.29. The number of hydrogen-bond donors (Lipinski definition) is 2. The molecule has 0 spiro atoms. The van der Waals surface area contributed by atoms with Gasteiger partial charge in [0.15, 0.2) is 0 Å². The number of methoxy groups -OCH3 is 1. The number of rotatable bonds is 8. The summed E-state index contributed by atoms with van der Waals surface area (Å²) in [5.74, 6) is 0.267. The van der Waals surface area contributed by atoms with E-state index in [1.54, 1.807) is 49.1 Å². The van der Waals surface area contributed by atoms with Crippen molar-refractivity contribution < 1.29 is 31.8 Å². The second kappa shape index (κ2) is 10.5. The average Bonchev–Trinajstić information content (AvgIpc) is 3.16. The van der Waals surface area contributed by atoms with Crippen molar-refractivity contribution in [3.8, 4) is 11.5 Å². The molecule has 0 bridgehead atoms. The van der Waals surface area contributed by atoms with Gasteiger partial charge in [-0.3, -0.25) is 9.69 Å². The lowest BCUT2D eigenvalue weighted by molar-refractivity contribution is -0.137. The van der Waals surface area contributed by atoms with Crippen LogP contribution in [0.15, 0.2) is 54.7 Å². The van der Waals surface area contributed by atoms with E-state index in [1.807, 2.05) is 4.90 Å². The molecule has 2 N–H and O–H groups in total. The third-order valence-electron chi connectivity index (χ3n) is 6.25. The number of likely N-dealkylation sites (tertiary alicyclic amines) is 1.